The molecule has 1 N–H and O–H groups in total. The first kappa shape index (κ1) is 14.9. The molecule has 1 unspecified atom stereocenters. The molecule has 3 rings (SSSR count). The fourth-order valence-corrected chi connectivity index (χ4v) is 1.94. The Labute approximate surface area is 121 Å². The summed E-state index contributed by atoms with van der Waals surface area (Å²) in [7, 11) is 0. The zero-order valence-electron chi connectivity index (χ0n) is 10.9. The molecule has 1 fully saturated rings. The Morgan fingerprint density at radius 1 is 1.40 bits per heavy atom. The highest BCUT2D eigenvalue weighted by molar-refractivity contribution is 5.85. The Morgan fingerprint density at radius 3 is 2.95 bits per heavy atom. The van der Waals surface area contributed by atoms with Crippen LogP contribution in [-0.2, 0) is 4.74 Å². The maximum Gasteiger partial charge on any atom is 0.257 e. The summed E-state index contributed by atoms with van der Waals surface area (Å²) in [4.78, 5) is 4.27. The van der Waals surface area contributed by atoms with Gasteiger partial charge in [-0.05, 0) is 18.6 Å². The molecule has 1 atom stereocenters. The molecule has 5 nitrogen and oxygen atoms in total. The van der Waals surface area contributed by atoms with E-state index in [0.717, 1.165) is 6.54 Å². The minimum Gasteiger partial charge on any atom is -0.366 e. The van der Waals surface area contributed by atoms with E-state index in [1.807, 2.05) is 0 Å². The van der Waals surface area contributed by atoms with Crippen LogP contribution in [0.1, 0.15) is 17.6 Å². The largest absolute Gasteiger partial charge is 0.366 e. The number of hydrogen-bond acceptors (Lipinski definition) is 5. The van der Waals surface area contributed by atoms with Gasteiger partial charge in [0.05, 0.1) is 6.61 Å². The summed E-state index contributed by atoms with van der Waals surface area (Å²) in [5.41, 5.74) is 1.19. The quantitative estimate of drug-likeness (QED) is 0.922. The first-order chi connectivity index (χ1) is 9.24. The fraction of sp³-hybridized carbons (Fsp3) is 0.385. The molecule has 108 valence electrons. The lowest BCUT2D eigenvalue weighted by Crippen LogP contribution is -2.33. The number of morpholine rings is 1. The summed E-state index contributed by atoms with van der Waals surface area (Å²) in [6.45, 7) is 3.79. The maximum atomic E-state index is 13.5. The standard InChI is InChI=1S/C13H14FN3O2.ClH/c1-8-2-3-9(6-10(8)14)12-16-13(19-17-12)11-7-15-4-5-18-11;/h2-3,6,11,15H,4-5,7H2,1H3;1H. The van der Waals surface area contributed by atoms with E-state index in [2.05, 4.69) is 15.5 Å². The second kappa shape index (κ2) is 6.30. The van der Waals surface area contributed by atoms with Crippen molar-refractivity contribution >= 4 is 12.4 Å². The van der Waals surface area contributed by atoms with Crippen LogP contribution in [0, 0.1) is 12.7 Å². The summed E-state index contributed by atoms with van der Waals surface area (Å²) in [6, 6.07) is 4.87. The lowest BCUT2D eigenvalue weighted by atomic mass is 10.1. The molecule has 2 heterocycles. The molecule has 1 aliphatic rings. The van der Waals surface area contributed by atoms with Gasteiger partial charge in [-0.15, -0.1) is 12.4 Å². The van der Waals surface area contributed by atoms with E-state index in [-0.39, 0.29) is 24.3 Å². The predicted octanol–water partition coefficient (Wildman–Crippen LogP) is 2.27. The van der Waals surface area contributed by atoms with Crippen molar-refractivity contribution < 1.29 is 13.7 Å². The third-order valence-electron chi connectivity index (χ3n) is 3.07. The van der Waals surface area contributed by atoms with Gasteiger partial charge in [0.15, 0.2) is 0 Å². The monoisotopic (exact) mass is 299 g/mol. The maximum absolute atomic E-state index is 13.5. The highest BCUT2D eigenvalue weighted by atomic mass is 35.5. The molecule has 7 heteroatoms. The van der Waals surface area contributed by atoms with Gasteiger partial charge in [-0.2, -0.15) is 4.98 Å². The lowest BCUT2D eigenvalue weighted by molar-refractivity contribution is 0.00755. The number of hydrogen-bond donors (Lipinski definition) is 1. The van der Waals surface area contributed by atoms with Crippen LogP contribution in [0.3, 0.4) is 0 Å². The summed E-state index contributed by atoms with van der Waals surface area (Å²) in [6.07, 6.45) is -0.231. The average molecular weight is 300 g/mol. The fourth-order valence-electron chi connectivity index (χ4n) is 1.94. The second-order valence-corrected chi connectivity index (χ2v) is 4.48. The molecule has 1 saturated heterocycles. The van der Waals surface area contributed by atoms with Crippen molar-refractivity contribution in [2.24, 2.45) is 0 Å². The number of rotatable bonds is 2. The third-order valence-corrected chi connectivity index (χ3v) is 3.07. The van der Waals surface area contributed by atoms with Gasteiger partial charge < -0.3 is 14.6 Å². The second-order valence-electron chi connectivity index (χ2n) is 4.48. The minimum atomic E-state index is -0.278. The predicted molar refractivity (Wildman–Crippen MR) is 73.2 cm³/mol. The Bertz CT molecular complexity index is 585. The lowest BCUT2D eigenvalue weighted by Gasteiger charge is -2.19. The molecule has 2 aromatic rings. The number of halogens is 2. The van der Waals surface area contributed by atoms with Gasteiger partial charge in [0.1, 0.15) is 11.9 Å². The zero-order valence-corrected chi connectivity index (χ0v) is 11.7. The van der Waals surface area contributed by atoms with Crippen molar-refractivity contribution in [3.63, 3.8) is 0 Å². The van der Waals surface area contributed by atoms with Crippen LogP contribution in [0.5, 0.6) is 0 Å². The zero-order chi connectivity index (χ0) is 13.2. The van der Waals surface area contributed by atoms with Crippen LogP contribution in [0.25, 0.3) is 11.4 Å². The van der Waals surface area contributed by atoms with Crippen molar-refractivity contribution in [1.82, 2.24) is 15.5 Å². The Morgan fingerprint density at radius 2 is 2.25 bits per heavy atom. The van der Waals surface area contributed by atoms with Gasteiger partial charge in [0.2, 0.25) is 5.82 Å². The molecule has 0 radical (unpaired) electrons. The van der Waals surface area contributed by atoms with Gasteiger partial charge in [-0.3, -0.25) is 0 Å². The summed E-state index contributed by atoms with van der Waals surface area (Å²) >= 11 is 0. The molecule has 1 aromatic heterocycles. The van der Waals surface area contributed by atoms with Gasteiger partial charge in [-0.1, -0.05) is 17.3 Å². The normalized spacial score (nSPS) is 18.6. The average Bonchev–Trinajstić information content (AvgIpc) is 2.93. The van der Waals surface area contributed by atoms with Gasteiger partial charge in [0.25, 0.3) is 5.89 Å². The Hall–Kier alpha value is -1.50. The molecule has 0 saturated carbocycles. The summed E-state index contributed by atoms with van der Waals surface area (Å²) in [5, 5.41) is 7.06. The van der Waals surface area contributed by atoms with Crippen molar-refractivity contribution in [1.29, 1.82) is 0 Å². The molecular formula is C13H15ClFN3O2. The van der Waals surface area contributed by atoms with Crippen LogP contribution >= 0.6 is 12.4 Å². The van der Waals surface area contributed by atoms with E-state index >= 15 is 0 Å². The van der Waals surface area contributed by atoms with Crippen LogP contribution in [0.2, 0.25) is 0 Å². The van der Waals surface area contributed by atoms with E-state index in [0.29, 0.717) is 36.0 Å². The molecule has 1 aliphatic heterocycles. The van der Waals surface area contributed by atoms with E-state index in [4.69, 9.17) is 9.26 Å². The van der Waals surface area contributed by atoms with E-state index in [9.17, 15) is 4.39 Å². The first-order valence-corrected chi connectivity index (χ1v) is 6.16. The Kier molecular flexibility index (Phi) is 4.69. The number of nitrogens with one attached hydrogen (secondary N) is 1. The highest BCUT2D eigenvalue weighted by Gasteiger charge is 2.22. The van der Waals surface area contributed by atoms with Crippen LogP contribution in [0.4, 0.5) is 4.39 Å². The number of aromatic nitrogens is 2. The summed E-state index contributed by atoms with van der Waals surface area (Å²) in [5.74, 6) is 0.519. The third kappa shape index (κ3) is 2.98. The number of nitrogens with zero attached hydrogens (tertiary/aromatic N) is 2. The number of ether oxygens (including phenoxy) is 1. The highest BCUT2D eigenvalue weighted by Crippen LogP contribution is 2.22. The smallest absolute Gasteiger partial charge is 0.257 e. The van der Waals surface area contributed by atoms with Gasteiger partial charge in [0, 0.05) is 18.7 Å². The van der Waals surface area contributed by atoms with Gasteiger partial charge >= 0.3 is 0 Å². The van der Waals surface area contributed by atoms with E-state index < -0.39 is 0 Å². The molecule has 0 spiro atoms. The number of aryl methyl sites for hydroxylation is 1. The van der Waals surface area contributed by atoms with Crippen molar-refractivity contribution in [2.75, 3.05) is 19.7 Å². The SMILES string of the molecule is Cc1ccc(-c2noc(C3CNCCO3)n2)cc1F.Cl. The topological polar surface area (TPSA) is 60.2 Å². The minimum absolute atomic E-state index is 0. The Balaban J connectivity index is 0.00000147. The van der Waals surface area contributed by atoms with Crippen molar-refractivity contribution in [3.8, 4) is 11.4 Å². The summed E-state index contributed by atoms with van der Waals surface area (Å²) < 4.78 is 24.2. The van der Waals surface area contributed by atoms with Crippen LogP contribution < -0.4 is 5.32 Å². The van der Waals surface area contributed by atoms with Crippen LogP contribution in [0.15, 0.2) is 22.7 Å². The molecule has 0 amide bonds. The van der Waals surface area contributed by atoms with Gasteiger partial charge in [-0.25, -0.2) is 4.39 Å². The molecular weight excluding hydrogens is 285 g/mol. The van der Waals surface area contributed by atoms with Crippen LogP contribution in [-0.4, -0.2) is 29.8 Å². The van der Waals surface area contributed by atoms with Crippen molar-refractivity contribution in [3.05, 3.63) is 35.5 Å². The van der Waals surface area contributed by atoms with E-state index in [1.165, 1.54) is 6.07 Å². The molecule has 20 heavy (non-hydrogen) atoms. The molecule has 0 aliphatic carbocycles. The molecule has 0 bridgehead atoms. The first-order valence-electron chi connectivity index (χ1n) is 6.16. The number of benzene rings is 1. The van der Waals surface area contributed by atoms with Crippen molar-refractivity contribution in [2.45, 2.75) is 13.0 Å². The van der Waals surface area contributed by atoms with E-state index in [1.54, 1.807) is 19.1 Å². The molecule has 1 aromatic carbocycles.